The molecule has 4 heteroatoms. The zero-order valence-corrected chi connectivity index (χ0v) is 13.8. The quantitative estimate of drug-likeness (QED) is 0.777. The van der Waals surface area contributed by atoms with E-state index in [1.807, 2.05) is 18.2 Å². The fourth-order valence-corrected chi connectivity index (χ4v) is 3.59. The summed E-state index contributed by atoms with van der Waals surface area (Å²) in [6.07, 6.45) is 1.70. The molecule has 1 unspecified atom stereocenters. The minimum atomic E-state index is -0.0805. The molecule has 0 saturated carbocycles. The van der Waals surface area contributed by atoms with Crippen molar-refractivity contribution in [3.8, 4) is 5.75 Å². The Morgan fingerprint density at radius 3 is 2.88 bits per heavy atom. The Labute approximate surface area is 140 Å². The maximum atomic E-state index is 12.6. The van der Waals surface area contributed by atoms with Gasteiger partial charge in [0.15, 0.2) is 0 Å². The first-order valence-electron chi connectivity index (χ1n) is 8.19. The van der Waals surface area contributed by atoms with Gasteiger partial charge in [0.05, 0.1) is 12.7 Å². The van der Waals surface area contributed by atoms with Crippen LogP contribution < -0.4 is 10.1 Å². The molecule has 0 bridgehead atoms. The second-order valence-electron chi connectivity index (χ2n) is 6.41. The number of rotatable bonds is 3. The van der Waals surface area contributed by atoms with Crippen LogP contribution in [0.15, 0.2) is 42.5 Å². The minimum Gasteiger partial charge on any atom is -0.496 e. The zero-order chi connectivity index (χ0) is 16.7. The SMILES string of the molecule is COc1ccccc1C(=O)NC1Cc2[nH]c3ccc(C)cc3c2C1. The van der Waals surface area contributed by atoms with Crippen molar-refractivity contribution >= 4 is 16.8 Å². The second kappa shape index (κ2) is 5.71. The predicted octanol–water partition coefficient (Wildman–Crippen LogP) is 3.38. The molecule has 2 N–H and O–H groups in total. The average Bonchev–Trinajstić information content (AvgIpc) is 3.12. The van der Waals surface area contributed by atoms with E-state index in [1.54, 1.807) is 13.2 Å². The highest BCUT2D eigenvalue weighted by Crippen LogP contribution is 2.31. The Bertz CT molecular complexity index is 927. The van der Waals surface area contributed by atoms with Crippen molar-refractivity contribution in [2.24, 2.45) is 0 Å². The summed E-state index contributed by atoms with van der Waals surface area (Å²) in [5.41, 5.74) is 5.59. The van der Waals surface area contributed by atoms with Crippen LogP contribution in [0.3, 0.4) is 0 Å². The Balaban J connectivity index is 1.55. The highest BCUT2D eigenvalue weighted by Gasteiger charge is 2.27. The average molecular weight is 320 g/mol. The van der Waals surface area contributed by atoms with E-state index in [0.717, 1.165) is 12.8 Å². The van der Waals surface area contributed by atoms with Gasteiger partial charge in [-0.25, -0.2) is 0 Å². The molecule has 1 atom stereocenters. The van der Waals surface area contributed by atoms with E-state index in [0.29, 0.717) is 11.3 Å². The van der Waals surface area contributed by atoms with Crippen LogP contribution in [0.4, 0.5) is 0 Å². The number of hydrogen-bond acceptors (Lipinski definition) is 2. The molecule has 0 saturated heterocycles. The van der Waals surface area contributed by atoms with E-state index in [-0.39, 0.29) is 11.9 Å². The minimum absolute atomic E-state index is 0.0805. The van der Waals surface area contributed by atoms with Crippen molar-refractivity contribution < 1.29 is 9.53 Å². The van der Waals surface area contributed by atoms with Gasteiger partial charge in [-0.3, -0.25) is 4.79 Å². The van der Waals surface area contributed by atoms with Gasteiger partial charge >= 0.3 is 0 Å². The molecule has 0 fully saturated rings. The maximum Gasteiger partial charge on any atom is 0.255 e. The number of ether oxygens (including phenoxy) is 1. The van der Waals surface area contributed by atoms with Gasteiger partial charge in [-0.2, -0.15) is 0 Å². The van der Waals surface area contributed by atoms with E-state index in [1.165, 1.54) is 27.7 Å². The molecular weight excluding hydrogens is 300 g/mol. The lowest BCUT2D eigenvalue weighted by Crippen LogP contribution is -2.35. The monoisotopic (exact) mass is 320 g/mol. The van der Waals surface area contributed by atoms with Crippen molar-refractivity contribution in [1.82, 2.24) is 10.3 Å². The highest BCUT2D eigenvalue weighted by molar-refractivity contribution is 5.97. The van der Waals surface area contributed by atoms with Crippen molar-refractivity contribution in [1.29, 1.82) is 0 Å². The number of para-hydroxylation sites is 1. The molecule has 1 aliphatic rings. The number of methoxy groups -OCH3 is 1. The number of benzene rings is 2. The van der Waals surface area contributed by atoms with Gasteiger partial charge in [-0.1, -0.05) is 23.8 Å². The summed E-state index contributed by atoms with van der Waals surface area (Å²) in [4.78, 5) is 16.1. The molecule has 1 heterocycles. The van der Waals surface area contributed by atoms with E-state index in [4.69, 9.17) is 4.74 Å². The number of amides is 1. The van der Waals surface area contributed by atoms with Crippen LogP contribution >= 0.6 is 0 Å². The molecule has 2 aromatic carbocycles. The molecule has 4 rings (SSSR count). The molecule has 1 amide bonds. The van der Waals surface area contributed by atoms with Gasteiger partial charge in [0.1, 0.15) is 5.75 Å². The molecule has 122 valence electrons. The number of hydrogen-bond donors (Lipinski definition) is 2. The topological polar surface area (TPSA) is 54.1 Å². The summed E-state index contributed by atoms with van der Waals surface area (Å²) in [6, 6.07) is 13.9. The summed E-state index contributed by atoms with van der Waals surface area (Å²) in [6.45, 7) is 2.11. The molecule has 1 aliphatic carbocycles. The fourth-order valence-electron chi connectivity index (χ4n) is 3.59. The smallest absolute Gasteiger partial charge is 0.255 e. The number of H-pyrrole nitrogens is 1. The largest absolute Gasteiger partial charge is 0.496 e. The summed E-state index contributed by atoms with van der Waals surface area (Å²) < 4.78 is 5.28. The van der Waals surface area contributed by atoms with Gasteiger partial charge < -0.3 is 15.0 Å². The second-order valence-corrected chi connectivity index (χ2v) is 6.41. The van der Waals surface area contributed by atoms with Gasteiger partial charge in [0.25, 0.3) is 5.91 Å². The summed E-state index contributed by atoms with van der Waals surface area (Å²) in [5.74, 6) is 0.524. The number of nitrogens with one attached hydrogen (secondary N) is 2. The van der Waals surface area contributed by atoms with E-state index < -0.39 is 0 Å². The molecule has 4 nitrogen and oxygen atoms in total. The van der Waals surface area contributed by atoms with Crippen molar-refractivity contribution in [2.75, 3.05) is 7.11 Å². The summed E-state index contributed by atoms with van der Waals surface area (Å²) in [7, 11) is 1.58. The molecule has 1 aromatic heterocycles. The number of carbonyl (C=O) groups is 1. The van der Waals surface area contributed by atoms with Gasteiger partial charge in [-0.15, -0.1) is 0 Å². The van der Waals surface area contributed by atoms with Crippen LogP contribution in [-0.4, -0.2) is 24.0 Å². The Kier molecular flexibility index (Phi) is 3.53. The number of aryl methyl sites for hydroxylation is 1. The number of aromatic amines is 1. The first-order valence-corrected chi connectivity index (χ1v) is 8.19. The predicted molar refractivity (Wildman–Crippen MR) is 94.7 cm³/mol. The molecule has 0 aliphatic heterocycles. The first kappa shape index (κ1) is 14.8. The molecule has 24 heavy (non-hydrogen) atoms. The van der Waals surface area contributed by atoms with Crippen molar-refractivity contribution in [3.05, 3.63) is 64.8 Å². The number of aromatic nitrogens is 1. The normalized spacial score (nSPS) is 16.2. The third-order valence-electron chi connectivity index (χ3n) is 4.74. The number of fused-ring (bicyclic) bond motifs is 3. The van der Waals surface area contributed by atoms with E-state index in [9.17, 15) is 4.79 Å². The molecule has 0 radical (unpaired) electrons. The molecule has 0 spiro atoms. The lowest BCUT2D eigenvalue weighted by molar-refractivity contribution is 0.0935. The summed E-state index contributed by atoms with van der Waals surface area (Å²) in [5, 5.41) is 4.42. The van der Waals surface area contributed by atoms with Gasteiger partial charge in [0, 0.05) is 29.1 Å². The molecule has 3 aromatic rings. The van der Waals surface area contributed by atoms with Crippen molar-refractivity contribution in [2.45, 2.75) is 25.8 Å². The standard InChI is InChI=1S/C20H20N2O2/c1-12-7-8-17-15(9-12)16-10-13(11-18(16)22-17)21-20(23)14-5-3-4-6-19(14)24-2/h3-9,13,22H,10-11H2,1-2H3,(H,21,23). The lowest BCUT2D eigenvalue weighted by atomic mass is 10.1. The van der Waals surface area contributed by atoms with Crippen LogP contribution in [-0.2, 0) is 12.8 Å². The Morgan fingerprint density at radius 1 is 1.21 bits per heavy atom. The fraction of sp³-hybridized carbons (Fsp3) is 0.250. The third kappa shape index (κ3) is 2.44. The summed E-state index contributed by atoms with van der Waals surface area (Å²) >= 11 is 0. The van der Waals surface area contributed by atoms with Crippen LogP contribution in [0, 0.1) is 6.92 Å². The van der Waals surface area contributed by atoms with Crippen molar-refractivity contribution in [3.63, 3.8) is 0 Å². The van der Waals surface area contributed by atoms with E-state index >= 15 is 0 Å². The van der Waals surface area contributed by atoms with Gasteiger partial charge in [-0.05, 0) is 43.2 Å². The Hall–Kier alpha value is -2.75. The van der Waals surface area contributed by atoms with Crippen LogP contribution in [0.5, 0.6) is 5.75 Å². The van der Waals surface area contributed by atoms with Crippen LogP contribution in [0.2, 0.25) is 0 Å². The molecular formula is C20H20N2O2. The van der Waals surface area contributed by atoms with Crippen LogP contribution in [0.1, 0.15) is 27.2 Å². The third-order valence-corrected chi connectivity index (χ3v) is 4.74. The number of carbonyl (C=O) groups excluding carboxylic acids is 1. The lowest BCUT2D eigenvalue weighted by Gasteiger charge is -2.14. The zero-order valence-electron chi connectivity index (χ0n) is 13.8. The van der Waals surface area contributed by atoms with Crippen LogP contribution in [0.25, 0.3) is 10.9 Å². The maximum absolute atomic E-state index is 12.6. The first-order chi connectivity index (χ1) is 11.7. The Morgan fingerprint density at radius 2 is 2.04 bits per heavy atom. The highest BCUT2D eigenvalue weighted by atomic mass is 16.5. The van der Waals surface area contributed by atoms with Gasteiger partial charge in [0.2, 0.25) is 0 Å². The van der Waals surface area contributed by atoms with E-state index in [2.05, 4.69) is 35.4 Å².